The molecule has 9 nitrogen and oxygen atoms in total. The normalized spacial score (nSPS) is 10.7. The van der Waals surface area contributed by atoms with Crippen molar-refractivity contribution < 1.29 is 14.5 Å². The number of fused-ring (bicyclic) bond motifs is 1. The lowest BCUT2D eigenvalue weighted by Crippen LogP contribution is -2.04. The van der Waals surface area contributed by atoms with E-state index in [1.165, 1.54) is 18.5 Å². The maximum Gasteiger partial charge on any atom is 0.340 e. The number of ether oxygens (including phenoxy) is 1. The lowest BCUT2D eigenvalue weighted by Gasteiger charge is -2.06. The third-order valence-electron chi connectivity index (χ3n) is 3.48. The third-order valence-corrected chi connectivity index (χ3v) is 3.48. The predicted molar refractivity (Wildman–Crippen MR) is 85.4 cm³/mol. The van der Waals surface area contributed by atoms with E-state index in [1.807, 2.05) is 0 Å². The summed E-state index contributed by atoms with van der Waals surface area (Å²) in [5.74, 6) is -0.379. The Morgan fingerprint density at radius 2 is 2.08 bits per heavy atom. The average molecular weight is 327 g/mol. The van der Waals surface area contributed by atoms with Gasteiger partial charge in [-0.3, -0.25) is 10.1 Å². The molecular weight excluding hydrogens is 314 g/mol. The summed E-state index contributed by atoms with van der Waals surface area (Å²) < 4.78 is 6.65. The SMILES string of the molecule is CCOC(=O)c1cn2cnnc(N)c2c1-c1ccc([N+](=O)[O-])cc1. The molecule has 2 aromatic heterocycles. The van der Waals surface area contributed by atoms with Gasteiger partial charge in [0, 0.05) is 23.9 Å². The minimum Gasteiger partial charge on any atom is -0.462 e. The van der Waals surface area contributed by atoms with Crippen LogP contribution in [0.4, 0.5) is 11.5 Å². The van der Waals surface area contributed by atoms with Crippen molar-refractivity contribution in [3.63, 3.8) is 0 Å². The van der Waals surface area contributed by atoms with E-state index in [0.29, 0.717) is 16.6 Å². The average Bonchev–Trinajstić information content (AvgIpc) is 2.96. The number of nitrogens with zero attached hydrogens (tertiary/aromatic N) is 4. The minimum atomic E-state index is -0.519. The Morgan fingerprint density at radius 3 is 2.71 bits per heavy atom. The van der Waals surface area contributed by atoms with Crippen LogP contribution in [0, 0.1) is 10.1 Å². The fraction of sp³-hybridized carbons (Fsp3) is 0.133. The maximum atomic E-state index is 12.3. The van der Waals surface area contributed by atoms with Gasteiger partial charge in [0.15, 0.2) is 5.82 Å². The predicted octanol–water partition coefficient (Wildman–Crippen LogP) is 2.06. The van der Waals surface area contributed by atoms with Crippen LogP contribution in [-0.4, -0.2) is 32.1 Å². The van der Waals surface area contributed by atoms with Crippen LogP contribution in [0.15, 0.2) is 36.8 Å². The molecule has 122 valence electrons. The van der Waals surface area contributed by atoms with Crippen molar-refractivity contribution in [3.8, 4) is 11.1 Å². The molecule has 2 N–H and O–H groups in total. The number of nitrogens with two attached hydrogens (primary N) is 1. The number of rotatable bonds is 4. The van der Waals surface area contributed by atoms with Gasteiger partial charge in [-0.15, -0.1) is 10.2 Å². The number of benzene rings is 1. The Bertz CT molecular complexity index is 933. The highest BCUT2D eigenvalue weighted by molar-refractivity contribution is 6.04. The molecule has 3 aromatic rings. The zero-order valence-electron chi connectivity index (χ0n) is 12.7. The summed E-state index contributed by atoms with van der Waals surface area (Å²) in [5.41, 5.74) is 7.71. The number of nitro benzene ring substituents is 1. The fourth-order valence-electron chi connectivity index (χ4n) is 2.47. The summed E-state index contributed by atoms with van der Waals surface area (Å²) in [6, 6.07) is 5.82. The number of esters is 1. The number of hydrogen-bond donors (Lipinski definition) is 1. The van der Waals surface area contributed by atoms with Gasteiger partial charge >= 0.3 is 5.97 Å². The molecule has 0 aliphatic heterocycles. The Morgan fingerprint density at radius 1 is 1.38 bits per heavy atom. The van der Waals surface area contributed by atoms with Crippen LogP contribution in [0.3, 0.4) is 0 Å². The van der Waals surface area contributed by atoms with E-state index in [1.54, 1.807) is 29.7 Å². The Kier molecular flexibility index (Phi) is 3.82. The van der Waals surface area contributed by atoms with Gasteiger partial charge in [0.2, 0.25) is 0 Å². The molecule has 0 saturated heterocycles. The van der Waals surface area contributed by atoms with Crippen LogP contribution in [-0.2, 0) is 4.74 Å². The maximum absolute atomic E-state index is 12.3. The van der Waals surface area contributed by atoms with Gasteiger partial charge in [-0.25, -0.2) is 4.79 Å². The lowest BCUT2D eigenvalue weighted by molar-refractivity contribution is -0.384. The number of carbonyl (C=O) groups is 1. The second kappa shape index (κ2) is 5.95. The Balaban J connectivity index is 2.25. The number of non-ortho nitro benzene ring substituents is 1. The summed E-state index contributed by atoms with van der Waals surface area (Å²) in [5, 5.41) is 18.4. The summed E-state index contributed by atoms with van der Waals surface area (Å²) in [6.45, 7) is 1.92. The number of nitrogen functional groups attached to an aromatic ring is 1. The molecule has 0 aliphatic carbocycles. The van der Waals surface area contributed by atoms with Gasteiger partial charge < -0.3 is 14.9 Å². The smallest absolute Gasteiger partial charge is 0.340 e. The molecule has 0 atom stereocenters. The molecule has 0 aliphatic rings. The first-order chi connectivity index (χ1) is 11.5. The van der Waals surface area contributed by atoms with Gasteiger partial charge in [0.25, 0.3) is 5.69 Å². The third kappa shape index (κ3) is 2.51. The molecule has 2 heterocycles. The van der Waals surface area contributed by atoms with Crippen molar-refractivity contribution in [1.29, 1.82) is 0 Å². The molecule has 0 amide bonds. The number of aromatic nitrogens is 3. The molecule has 3 rings (SSSR count). The van der Waals surface area contributed by atoms with Crippen LogP contribution >= 0.6 is 0 Å². The zero-order valence-corrected chi connectivity index (χ0v) is 12.7. The highest BCUT2D eigenvalue weighted by Crippen LogP contribution is 2.33. The summed E-state index contributed by atoms with van der Waals surface area (Å²) >= 11 is 0. The molecule has 0 radical (unpaired) electrons. The van der Waals surface area contributed by atoms with Crippen LogP contribution in [0.5, 0.6) is 0 Å². The number of nitro groups is 1. The molecule has 0 bridgehead atoms. The summed E-state index contributed by atoms with van der Waals surface area (Å²) in [7, 11) is 0. The molecule has 1 aromatic carbocycles. The topological polar surface area (TPSA) is 126 Å². The van der Waals surface area contributed by atoms with Crippen LogP contribution in [0.25, 0.3) is 16.6 Å². The van der Waals surface area contributed by atoms with Crippen molar-refractivity contribution in [2.24, 2.45) is 0 Å². The van der Waals surface area contributed by atoms with Crippen molar-refractivity contribution in [2.75, 3.05) is 12.3 Å². The lowest BCUT2D eigenvalue weighted by atomic mass is 10.0. The van der Waals surface area contributed by atoms with Gasteiger partial charge in [-0.2, -0.15) is 0 Å². The van der Waals surface area contributed by atoms with Gasteiger partial charge in [-0.05, 0) is 24.6 Å². The van der Waals surface area contributed by atoms with E-state index >= 15 is 0 Å². The first-order valence-electron chi connectivity index (χ1n) is 7.06. The van der Waals surface area contributed by atoms with Crippen molar-refractivity contribution in [2.45, 2.75) is 6.92 Å². The molecular formula is C15H13N5O4. The molecule has 0 spiro atoms. The summed E-state index contributed by atoms with van der Waals surface area (Å²) in [6.07, 6.45) is 2.97. The standard InChI is InChI=1S/C15H13N5O4/c1-2-24-15(21)11-7-19-8-17-18-14(16)13(19)12(11)9-3-5-10(6-4-9)20(22)23/h3-8H,2H2,1H3,(H2,16,18). The molecule has 0 fully saturated rings. The van der Waals surface area contributed by atoms with E-state index in [2.05, 4.69) is 10.2 Å². The highest BCUT2D eigenvalue weighted by atomic mass is 16.6. The first kappa shape index (κ1) is 15.4. The van der Waals surface area contributed by atoms with E-state index in [4.69, 9.17) is 10.5 Å². The van der Waals surface area contributed by atoms with Crippen LogP contribution in [0.1, 0.15) is 17.3 Å². The highest BCUT2D eigenvalue weighted by Gasteiger charge is 2.22. The number of carbonyl (C=O) groups excluding carboxylic acids is 1. The Hall–Kier alpha value is -3.49. The molecule has 9 heteroatoms. The second-order valence-electron chi connectivity index (χ2n) is 4.91. The summed E-state index contributed by atoms with van der Waals surface area (Å²) in [4.78, 5) is 22.6. The number of anilines is 1. The van der Waals surface area contributed by atoms with E-state index in [0.717, 1.165) is 0 Å². The Labute approximate surface area is 135 Å². The second-order valence-corrected chi connectivity index (χ2v) is 4.91. The van der Waals surface area contributed by atoms with Crippen molar-refractivity contribution >= 4 is 23.0 Å². The minimum absolute atomic E-state index is 0.0484. The van der Waals surface area contributed by atoms with E-state index in [-0.39, 0.29) is 23.7 Å². The van der Waals surface area contributed by atoms with Crippen molar-refractivity contribution in [1.82, 2.24) is 14.6 Å². The molecule has 0 saturated carbocycles. The van der Waals surface area contributed by atoms with Gasteiger partial charge in [0.1, 0.15) is 6.33 Å². The molecule has 0 unspecified atom stereocenters. The zero-order chi connectivity index (χ0) is 17.3. The van der Waals surface area contributed by atoms with Crippen LogP contribution in [0.2, 0.25) is 0 Å². The number of hydrogen-bond acceptors (Lipinski definition) is 7. The largest absolute Gasteiger partial charge is 0.462 e. The van der Waals surface area contributed by atoms with Gasteiger partial charge in [-0.1, -0.05) is 0 Å². The fourth-order valence-corrected chi connectivity index (χ4v) is 2.47. The van der Waals surface area contributed by atoms with E-state index < -0.39 is 10.9 Å². The van der Waals surface area contributed by atoms with Crippen LogP contribution < -0.4 is 5.73 Å². The monoisotopic (exact) mass is 327 g/mol. The van der Waals surface area contributed by atoms with Crippen molar-refractivity contribution in [3.05, 3.63) is 52.5 Å². The van der Waals surface area contributed by atoms with E-state index in [9.17, 15) is 14.9 Å². The van der Waals surface area contributed by atoms with Gasteiger partial charge in [0.05, 0.1) is 22.6 Å². The first-order valence-corrected chi connectivity index (χ1v) is 7.06. The molecule has 24 heavy (non-hydrogen) atoms. The quantitative estimate of drug-likeness (QED) is 0.441.